The van der Waals surface area contributed by atoms with Gasteiger partial charge in [-0.1, -0.05) is 31.9 Å². The number of aromatic nitrogens is 3. The second-order valence-corrected chi connectivity index (χ2v) is 14.3. The van der Waals surface area contributed by atoms with Crippen LogP contribution in [-0.4, -0.2) is 67.0 Å². The van der Waals surface area contributed by atoms with Crippen LogP contribution in [0.1, 0.15) is 53.5 Å². The predicted molar refractivity (Wildman–Crippen MR) is 195 cm³/mol. The zero-order valence-corrected chi connectivity index (χ0v) is 30.7. The van der Waals surface area contributed by atoms with E-state index in [1.807, 2.05) is 0 Å². The molecule has 0 aliphatic carbocycles. The lowest BCUT2D eigenvalue weighted by Crippen LogP contribution is -2.30. The number of carbonyl (C=O) groups is 1. The van der Waals surface area contributed by atoms with Gasteiger partial charge in [-0.15, -0.1) is 11.3 Å². The maximum absolute atomic E-state index is 14.3. The van der Waals surface area contributed by atoms with Gasteiger partial charge < -0.3 is 29.4 Å². The SMILES string of the molecule is CCCCCc1nn(-c2nc(C(=O)O)cs2)cc1Nc1ccc(S(=O)(=O)N(Cc2ccc(OC)c(OC)c2)Cc2ccc(OC)c(OC)c2)cc1. The number of ether oxygens (including phenoxy) is 4. The average Bonchev–Trinajstić information content (AvgIpc) is 3.79. The fourth-order valence-electron chi connectivity index (χ4n) is 5.41. The van der Waals surface area contributed by atoms with Crippen molar-refractivity contribution in [1.29, 1.82) is 0 Å². The normalized spacial score (nSPS) is 11.4. The Bertz CT molecular complexity index is 2000. The largest absolute Gasteiger partial charge is 0.493 e. The van der Waals surface area contributed by atoms with Crippen LogP contribution in [0.3, 0.4) is 0 Å². The Labute approximate surface area is 301 Å². The second kappa shape index (κ2) is 16.7. The lowest BCUT2D eigenvalue weighted by Gasteiger charge is -2.24. The third kappa shape index (κ3) is 8.79. The minimum absolute atomic E-state index is 0.0457. The summed E-state index contributed by atoms with van der Waals surface area (Å²) >= 11 is 1.19. The van der Waals surface area contributed by atoms with Gasteiger partial charge in [-0.3, -0.25) is 0 Å². The van der Waals surface area contributed by atoms with Crippen LogP contribution in [0, 0.1) is 0 Å². The zero-order valence-electron chi connectivity index (χ0n) is 29.1. The molecule has 0 atom stereocenters. The van der Waals surface area contributed by atoms with E-state index >= 15 is 0 Å². The number of hydrogen-bond donors (Lipinski definition) is 2. The summed E-state index contributed by atoms with van der Waals surface area (Å²) in [6, 6.07) is 17.2. The Balaban J connectivity index is 1.44. The first kappa shape index (κ1) is 37.1. The summed E-state index contributed by atoms with van der Waals surface area (Å²) in [6.45, 7) is 2.23. The lowest BCUT2D eigenvalue weighted by molar-refractivity contribution is 0.0691. The Morgan fingerprint density at radius 2 is 1.45 bits per heavy atom. The molecule has 0 aliphatic rings. The van der Waals surface area contributed by atoms with E-state index in [4.69, 9.17) is 24.0 Å². The number of sulfonamides is 1. The molecule has 0 saturated carbocycles. The van der Waals surface area contributed by atoms with Crippen LogP contribution >= 0.6 is 11.3 Å². The predicted octanol–water partition coefficient (Wildman–Crippen LogP) is 6.93. The highest BCUT2D eigenvalue weighted by Crippen LogP contribution is 2.33. The van der Waals surface area contributed by atoms with Gasteiger partial charge in [0, 0.05) is 24.2 Å². The summed E-state index contributed by atoms with van der Waals surface area (Å²) in [5.41, 5.74) is 3.54. The van der Waals surface area contributed by atoms with Crippen molar-refractivity contribution in [2.24, 2.45) is 0 Å². The highest BCUT2D eigenvalue weighted by atomic mass is 32.2. The number of aromatic carboxylic acids is 1. The second-order valence-electron chi connectivity index (χ2n) is 11.5. The number of rotatable bonds is 18. The molecule has 0 bridgehead atoms. The molecule has 15 heteroatoms. The van der Waals surface area contributed by atoms with E-state index in [1.54, 1.807) is 85.8 Å². The number of aryl methyl sites for hydroxylation is 1. The molecule has 0 unspecified atom stereocenters. The number of methoxy groups -OCH3 is 4. The molecule has 5 rings (SSSR count). The Morgan fingerprint density at radius 1 is 0.863 bits per heavy atom. The average molecular weight is 736 g/mol. The number of unbranched alkanes of at least 4 members (excludes halogenated alkanes) is 2. The molecule has 270 valence electrons. The molecule has 2 aromatic heterocycles. The van der Waals surface area contributed by atoms with Crippen molar-refractivity contribution in [2.75, 3.05) is 33.8 Å². The van der Waals surface area contributed by atoms with Crippen LogP contribution in [0.15, 0.2) is 77.1 Å². The van der Waals surface area contributed by atoms with Gasteiger partial charge in [0.1, 0.15) is 0 Å². The van der Waals surface area contributed by atoms with E-state index in [9.17, 15) is 18.3 Å². The van der Waals surface area contributed by atoms with Gasteiger partial charge in [0.2, 0.25) is 15.2 Å². The van der Waals surface area contributed by atoms with Gasteiger partial charge in [0.05, 0.1) is 50.9 Å². The van der Waals surface area contributed by atoms with Crippen molar-refractivity contribution in [3.05, 3.63) is 94.8 Å². The molecule has 0 amide bonds. The van der Waals surface area contributed by atoms with E-state index in [1.165, 1.54) is 35.2 Å². The van der Waals surface area contributed by atoms with E-state index < -0.39 is 16.0 Å². The topological polar surface area (TPSA) is 154 Å². The summed E-state index contributed by atoms with van der Waals surface area (Å²) in [4.78, 5) is 15.7. The van der Waals surface area contributed by atoms with Gasteiger partial charge in [0.25, 0.3) is 0 Å². The van der Waals surface area contributed by atoms with Crippen molar-refractivity contribution in [3.63, 3.8) is 0 Å². The van der Waals surface area contributed by atoms with Crippen LogP contribution < -0.4 is 24.3 Å². The molecule has 3 aromatic carbocycles. The van der Waals surface area contributed by atoms with Crippen molar-refractivity contribution in [3.8, 4) is 28.1 Å². The smallest absolute Gasteiger partial charge is 0.355 e. The summed E-state index contributed by atoms with van der Waals surface area (Å²) < 4.78 is 53.3. The molecule has 13 nitrogen and oxygen atoms in total. The number of carboxylic acids is 1. The Morgan fingerprint density at radius 3 is 1.96 bits per heavy atom. The molecule has 0 spiro atoms. The van der Waals surface area contributed by atoms with Gasteiger partial charge in [-0.05, 0) is 72.5 Å². The maximum atomic E-state index is 14.3. The minimum Gasteiger partial charge on any atom is -0.493 e. The maximum Gasteiger partial charge on any atom is 0.355 e. The number of hydrogen-bond acceptors (Lipinski definition) is 11. The Kier molecular flexibility index (Phi) is 12.2. The number of carboxylic acid groups (broad SMARTS) is 1. The van der Waals surface area contributed by atoms with E-state index in [2.05, 4.69) is 17.2 Å². The van der Waals surface area contributed by atoms with Crippen LogP contribution in [0.25, 0.3) is 5.13 Å². The molecule has 2 heterocycles. The van der Waals surface area contributed by atoms with Crippen molar-refractivity contribution in [2.45, 2.75) is 50.6 Å². The fraction of sp³-hybridized carbons (Fsp3) is 0.306. The first-order chi connectivity index (χ1) is 24.6. The standard InChI is InChI=1S/C36H41N5O8S2/c1-6-7-8-9-28-29(22-41(39-28)36-38-30(23-50-36)35(42)43)37-26-12-14-27(15-13-26)51(44,45)40(20-24-10-16-31(46-2)33(18-24)48-4)21-25-11-17-32(47-3)34(19-25)49-5/h10-19,22-23,37H,6-9,20-21H2,1-5H3,(H,42,43). The third-order valence-electron chi connectivity index (χ3n) is 8.10. The van der Waals surface area contributed by atoms with Gasteiger partial charge in [-0.2, -0.15) is 9.40 Å². The number of anilines is 2. The minimum atomic E-state index is -4.03. The molecule has 51 heavy (non-hydrogen) atoms. The molecule has 0 fully saturated rings. The van der Waals surface area contributed by atoms with Crippen LogP contribution in [0.2, 0.25) is 0 Å². The van der Waals surface area contributed by atoms with Crippen LogP contribution in [-0.2, 0) is 29.5 Å². The van der Waals surface area contributed by atoms with E-state index in [0.29, 0.717) is 51.4 Å². The number of nitrogens with zero attached hydrogens (tertiary/aromatic N) is 4. The first-order valence-electron chi connectivity index (χ1n) is 16.2. The molecular formula is C36H41N5O8S2. The lowest BCUT2D eigenvalue weighted by atomic mass is 10.1. The quantitative estimate of drug-likeness (QED) is 0.0901. The van der Waals surface area contributed by atoms with Crippen LogP contribution in [0.5, 0.6) is 23.0 Å². The zero-order chi connectivity index (χ0) is 36.5. The summed E-state index contributed by atoms with van der Waals surface area (Å²) in [5, 5.41) is 19.3. The molecule has 0 saturated heterocycles. The molecule has 2 N–H and O–H groups in total. The summed E-state index contributed by atoms with van der Waals surface area (Å²) in [7, 11) is 2.12. The van der Waals surface area contributed by atoms with Gasteiger partial charge in [-0.25, -0.2) is 22.9 Å². The number of thiazole rings is 1. The van der Waals surface area contributed by atoms with Crippen molar-refractivity contribution >= 4 is 38.7 Å². The number of nitrogens with one attached hydrogen (secondary N) is 1. The van der Waals surface area contributed by atoms with Gasteiger partial charge in [0.15, 0.2) is 28.7 Å². The van der Waals surface area contributed by atoms with Crippen molar-refractivity contribution in [1.82, 2.24) is 19.1 Å². The fourth-order valence-corrected chi connectivity index (χ4v) is 7.55. The number of benzene rings is 3. The van der Waals surface area contributed by atoms with E-state index in [0.717, 1.165) is 30.6 Å². The molecule has 0 radical (unpaired) electrons. The first-order valence-corrected chi connectivity index (χ1v) is 18.5. The molecule has 0 aliphatic heterocycles. The van der Waals surface area contributed by atoms with Crippen molar-refractivity contribution < 1.29 is 37.3 Å². The Hall–Kier alpha value is -5.12. The van der Waals surface area contributed by atoms with Crippen LogP contribution in [0.4, 0.5) is 11.4 Å². The summed E-state index contributed by atoms with van der Waals surface area (Å²) in [5.74, 6) is 0.947. The highest BCUT2D eigenvalue weighted by molar-refractivity contribution is 7.89. The van der Waals surface area contributed by atoms with Gasteiger partial charge >= 0.3 is 5.97 Å². The molecular weight excluding hydrogens is 695 g/mol. The van der Waals surface area contributed by atoms with E-state index in [-0.39, 0.29) is 23.7 Å². The molecule has 5 aromatic rings. The third-order valence-corrected chi connectivity index (χ3v) is 10.7. The monoisotopic (exact) mass is 735 g/mol. The summed E-state index contributed by atoms with van der Waals surface area (Å²) in [6.07, 6.45) is 5.47. The highest BCUT2D eigenvalue weighted by Gasteiger charge is 2.26.